The van der Waals surface area contributed by atoms with E-state index >= 15 is 0 Å². The maximum absolute atomic E-state index is 10.3. The first kappa shape index (κ1) is 21.2. The standard InChI is InChI=1S/C20H37O2/c1-2-3-4-5-6-7-8-9-10-11-12-13-14-15-16-17-18-19-20(21)22/h9-10,18H,2-8,11-17,19H2,1H3,(H,21,22)/b10-9-. The van der Waals surface area contributed by atoms with Gasteiger partial charge in [0.2, 0.25) is 0 Å². The number of carbonyl (C=O) groups is 1. The maximum Gasteiger partial charge on any atom is 0.303 e. The zero-order valence-corrected chi connectivity index (χ0v) is 14.7. The molecule has 2 heteroatoms. The summed E-state index contributed by atoms with van der Waals surface area (Å²) < 4.78 is 0. The van der Waals surface area contributed by atoms with Gasteiger partial charge in [-0.1, -0.05) is 76.9 Å². The van der Waals surface area contributed by atoms with E-state index in [0.717, 1.165) is 12.8 Å². The molecule has 0 aliphatic carbocycles. The van der Waals surface area contributed by atoms with Gasteiger partial charge in [-0.25, -0.2) is 0 Å². The Kier molecular flexibility index (Phi) is 17.6. The van der Waals surface area contributed by atoms with Gasteiger partial charge in [0.15, 0.2) is 0 Å². The number of aliphatic carboxylic acids is 1. The summed E-state index contributed by atoms with van der Waals surface area (Å²) >= 11 is 0. The van der Waals surface area contributed by atoms with E-state index in [9.17, 15) is 4.79 Å². The van der Waals surface area contributed by atoms with Gasteiger partial charge >= 0.3 is 5.97 Å². The van der Waals surface area contributed by atoms with E-state index in [1.807, 2.05) is 6.42 Å². The monoisotopic (exact) mass is 309 g/mol. The van der Waals surface area contributed by atoms with Crippen LogP contribution >= 0.6 is 0 Å². The van der Waals surface area contributed by atoms with Crippen LogP contribution in [0.3, 0.4) is 0 Å². The second-order valence-corrected chi connectivity index (χ2v) is 6.26. The molecule has 2 nitrogen and oxygen atoms in total. The molecule has 1 radical (unpaired) electrons. The van der Waals surface area contributed by atoms with Crippen molar-refractivity contribution in [2.24, 2.45) is 0 Å². The van der Waals surface area contributed by atoms with Crippen molar-refractivity contribution in [2.75, 3.05) is 0 Å². The molecule has 129 valence electrons. The van der Waals surface area contributed by atoms with Gasteiger partial charge in [0.1, 0.15) is 0 Å². The first-order valence-corrected chi connectivity index (χ1v) is 9.45. The summed E-state index contributed by atoms with van der Waals surface area (Å²) in [7, 11) is 0. The highest BCUT2D eigenvalue weighted by Gasteiger charge is 1.96. The van der Waals surface area contributed by atoms with Crippen LogP contribution in [0.15, 0.2) is 12.2 Å². The largest absolute Gasteiger partial charge is 0.481 e. The highest BCUT2D eigenvalue weighted by molar-refractivity contribution is 5.67. The topological polar surface area (TPSA) is 37.3 Å². The molecule has 0 spiro atoms. The highest BCUT2D eigenvalue weighted by atomic mass is 16.4. The molecule has 0 aromatic carbocycles. The van der Waals surface area contributed by atoms with Crippen LogP contribution in [0.25, 0.3) is 0 Å². The lowest BCUT2D eigenvalue weighted by Crippen LogP contribution is -1.94. The van der Waals surface area contributed by atoms with Crippen LogP contribution in [-0.4, -0.2) is 11.1 Å². The summed E-state index contributed by atoms with van der Waals surface area (Å²) in [5, 5.41) is 8.50. The molecule has 0 atom stereocenters. The fourth-order valence-electron chi connectivity index (χ4n) is 2.58. The van der Waals surface area contributed by atoms with Crippen LogP contribution in [0.5, 0.6) is 0 Å². The average molecular weight is 310 g/mol. The Bertz CT molecular complexity index is 258. The number of carboxylic acid groups (broad SMARTS) is 1. The fraction of sp³-hybridized carbons (Fsp3) is 0.800. The van der Waals surface area contributed by atoms with E-state index in [1.54, 1.807) is 0 Å². The van der Waals surface area contributed by atoms with Crippen LogP contribution in [0.1, 0.15) is 103 Å². The van der Waals surface area contributed by atoms with Crippen LogP contribution in [0.2, 0.25) is 0 Å². The number of carboxylic acids is 1. The third-order valence-electron chi connectivity index (χ3n) is 3.99. The van der Waals surface area contributed by atoms with Gasteiger partial charge in [-0.05, 0) is 38.5 Å². The van der Waals surface area contributed by atoms with Crippen molar-refractivity contribution in [1.29, 1.82) is 0 Å². The Morgan fingerprint density at radius 3 is 1.68 bits per heavy atom. The maximum atomic E-state index is 10.3. The predicted octanol–water partition coefficient (Wildman–Crippen LogP) is 6.70. The molecule has 0 fully saturated rings. The number of hydrogen-bond acceptors (Lipinski definition) is 1. The van der Waals surface area contributed by atoms with Crippen molar-refractivity contribution in [3.8, 4) is 0 Å². The quantitative estimate of drug-likeness (QED) is 0.240. The minimum Gasteiger partial charge on any atom is -0.481 e. The summed E-state index contributed by atoms with van der Waals surface area (Å²) in [5.74, 6) is -0.715. The molecule has 0 bridgehead atoms. The highest BCUT2D eigenvalue weighted by Crippen LogP contribution is 2.10. The molecule has 0 saturated carbocycles. The van der Waals surface area contributed by atoms with E-state index in [-0.39, 0.29) is 6.42 Å². The summed E-state index contributed by atoms with van der Waals surface area (Å²) in [5.41, 5.74) is 0. The van der Waals surface area contributed by atoms with E-state index in [4.69, 9.17) is 5.11 Å². The van der Waals surface area contributed by atoms with E-state index in [2.05, 4.69) is 19.1 Å². The summed E-state index contributed by atoms with van der Waals surface area (Å²) in [6.07, 6.45) is 24.8. The van der Waals surface area contributed by atoms with Crippen LogP contribution < -0.4 is 0 Å². The fourth-order valence-corrected chi connectivity index (χ4v) is 2.58. The van der Waals surface area contributed by atoms with Crippen molar-refractivity contribution in [2.45, 2.75) is 103 Å². The number of rotatable bonds is 17. The van der Waals surface area contributed by atoms with Crippen LogP contribution in [0.4, 0.5) is 0 Å². The van der Waals surface area contributed by atoms with E-state index in [1.165, 1.54) is 77.0 Å². The first-order chi connectivity index (χ1) is 10.8. The Morgan fingerprint density at radius 1 is 0.727 bits per heavy atom. The van der Waals surface area contributed by atoms with Crippen molar-refractivity contribution >= 4 is 5.97 Å². The molecule has 0 aromatic rings. The Labute approximate surface area is 138 Å². The zero-order chi connectivity index (χ0) is 16.3. The van der Waals surface area contributed by atoms with Gasteiger partial charge in [0, 0.05) is 6.42 Å². The number of unbranched alkanes of at least 4 members (excludes halogenated alkanes) is 13. The van der Waals surface area contributed by atoms with Crippen molar-refractivity contribution in [3.63, 3.8) is 0 Å². The smallest absolute Gasteiger partial charge is 0.303 e. The van der Waals surface area contributed by atoms with Gasteiger partial charge in [-0.2, -0.15) is 0 Å². The van der Waals surface area contributed by atoms with Gasteiger partial charge in [0.05, 0.1) is 0 Å². The molecular weight excluding hydrogens is 272 g/mol. The molecule has 0 aromatic heterocycles. The lowest BCUT2D eigenvalue weighted by atomic mass is 10.1. The third-order valence-corrected chi connectivity index (χ3v) is 3.99. The zero-order valence-electron chi connectivity index (χ0n) is 14.7. The van der Waals surface area contributed by atoms with Crippen LogP contribution in [-0.2, 0) is 4.79 Å². The summed E-state index contributed by atoms with van der Waals surface area (Å²) in [6.45, 7) is 2.26. The Morgan fingerprint density at radius 2 is 1.18 bits per heavy atom. The van der Waals surface area contributed by atoms with Crippen molar-refractivity contribution in [1.82, 2.24) is 0 Å². The first-order valence-electron chi connectivity index (χ1n) is 9.45. The summed E-state index contributed by atoms with van der Waals surface area (Å²) in [6, 6.07) is 0. The van der Waals surface area contributed by atoms with Crippen molar-refractivity contribution < 1.29 is 9.90 Å². The second kappa shape index (κ2) is 18.3. The molecule has 0 unspecified atom stereocenters. The molecule has 0 saturated heterocycles. The Hall–Kier alpha value is -0.790. The lowest BCUT2D eigenvalue weighted by molar-refractivity contribution is -0.136. The number of allylic oxidation sites excluding steroid dienone is 2. The molecular formula is C20H37O2. The van der Waals surface area contributed by atoms with Crippen LogP contribution in [0, 0.1) is 6.42 Å². The third kappa shape index (κ3) is 19.2. The molecule has 0 rings (SSSR count). The summed E-state index contributed by atoms with van der Waals surface area (Å²) in [4.78, 5) is 10.3. The van der Waals surface area contributed by atoms with E-state index in [0.29, 0.717) is 0 Å². The SMILES string of the molecule is CCCCCCCC/C=C\CCCCCCC[CH]CC(=O)O. The van der Waals surface area contributed by atoms with Gasteiger partial charge in [-0.15, -0.1) is 0 Å². The van der Waals surface area contributed by atoms with Gasteiger partial charge < -0.3 is 5.11 Å². The second-order valence-electron chi connectivity index (χ2n) is 6.26. The average Bonchev–Trinajstić information content (AvgIpc) is 2.50. The molecule has 0 heterocycles. The van der Waals surface area contributed by atoms with Gasteiger partial charge in [-0.3, -0.25) is 4.79 Å². The van der Waals surface area contributed by atoms with E-state index < -0.39 is 5.97 Å². The predicted molar refractivity (Wildman–Crippen MR) is 96.0 cm³/mol. The molecule has 0 aliphatic heterocycles. The Balaban J connectivity index is 3.06. The molecule has 1 N–H and O–H groups in total. The van der Waals surface area contributed by atoms with Crippen molar-refractivity contribution in [3.05, 3.63) is 18.6 Å². The molecule has 0 amide bonds. The molecule has 0 aliphatic rings. The lowest BCUT2D eigenvalue weighted by Gasteiger charge is -2.00. The minimum absolute atomic E-state index is 0.212. The van der Waals surface area contributed by atoms with Gasteiger partial charge in [0.25, 0.3) is 0 Å². The minimum atomic E-state index is -0.715. The number of hydrogen-bond donors (Lipinski definition) is 1. The normalized spacial score (nSPS) is 11.3. The molecule has 22 heavy (non-hydrogen) atoms.